The van der Waals surface area contributed by atoms with Crippen molar-refractivity contribution in [3.05, 3.63) is 71.0 Å². The summed E-state index contributed by atoms with van der Waals surface area (Å²) >= 11 is 0. The first kappa shape index (κ1) is 25.8. The van der Waals surface area contributed by atoms with Crippen LogP contribution in [0.2, 0.25) is 0 Å². The number of carbonyl (C=O) groups is 2. The lowest BCUT2D eigenvalue weighted by Crippen LogP contribution is -2.33. The number of hydrogen-bond acceptors (Lipinski definition) is 7. The molecule has 1 heterocycles. The molecule has 1 N–H and O–H groups in total. The highest BCUT2D eigenvalue weighted by Gasteiger charge is 2.43. The van der Waals surface area contributed by atoms with Crippen LogP contribution in [-0.4, -0.2) is 75.1 Å². The number of carbonyl (C=O) groups excluding carboxylic acids is 2. The Morgan fingerprint density at radius 2 is 1.69 bits per heavy atom. The molecular weight excluding hydrogens is 448 g/mol. The zero-order valence-corrected chi connectivity index (χ0v) is 20.8. The van der Waals surface area contributed by atoms with E-state index in [2.05, 4.69) is 0 Å². The molecule has 0 radical (unpaired) electrons. The highest BCUT2D eigenvalue weighted by molar-refractivity contribution is 6.14. The average molecular weight is 481 g/mol. The Morgan fingerprint density at radius 3 is 2.23 bits per heavy atom. The Hall–Kier alpha value is -3.78. The minimum atomic E-state index is -0.814. The van der Waals surface area contributed by atoms with Gasteiger partial charge in [-0.15, -0.1) is 0 Å². The third-order valence-corrected chi connectivity index (χ3v) is 5.80. The van der Waals surface area contributed by atoms with E-state index in [1.165, 1.54) is 32.3 Å². The summed E-state index contributed by atoms with van der Waals surface area (Å²) in [5.41, 5.74) is 1.41. The van der Waals surface area contributed by atoms with Crippen molar-refractivity contribution in [1.82, 2.24) is 9.80 Å². The van der Waals surface area contributed by atoms with Gasteiger partial charge in [-0.05, 0) is 56.4 Å². The summed E-state index contributed by atoms with van der Waals surface area (Å²) in [4.78, 5) is 30.0. The van der Waals surface area contributed by atoms with Gasteiger partial charge in [-0.25, -0.2) is 0 Å². The first-order chi connectivity index (χ1) is 16.8. The third kappa shape index (κ3) is 5.66. The molecule has 0 aromatic heterocycles. The van der Waals surface area contributed by atoms with Crippen molar-refractivity contribution < 1.29 is 28.9 Å². The van der Waals surface area contributed by atoms with E-state index < -0.39 is 23.5 Å². The van der Waals surface area contributed by atoms with Crippen LogP contribution in [0.5, 0.6) is 17.2 Å². The molecule has 1 unspecified atom stereocenters. The summed E-state index contributed by atoms with van der Waals surface area (Å²) < 4.78 is 16.4. The van der Waals surface area contributed by atoms with Crippen molar-refractivity contribution in [2.45, 2.75) is 12.5 Å². The van der Waals surface area contributed by atoms with Crippen molar-refractivity contribution in [1.29, 1.82) is 0 Å². The number of ether oxygens (including phenoxy) is 3. The summed E-state index contributed by atoms with van der Waals surface area (Å²) in [6, 6.07) is 11.9. The summed E-state index contributed by atoms with van der Waals surface area (Å²) in [6.45, 7) is 1.09. The van der Waals surface area contributed by atoms with Gasteiger partial charge in [-0.3, -0.25) is 9.59 Å². The minimum Gasteiger partial charge on any atom is -0.503 e. The second-order valence-electron chi connectivity index (χ2n) is 8.39. The van der Waals surface area contributed by atoms with Gasteiger partial charge in [-0.2, -0.15) is 0 Å². The van der Waals surface area contributed by atoms with Gasteiger partial charge in [0, 0.05) is 6.54 Å². The van der Waals surface area contributed by atoms with Gasteiger partial charge >= 0.3 is 0 Å². The summed E-state index contributed by atoms with van der Waals surface area (Å²) in [5, 5.41) is 10.8. The SMILES string of the molecule is COc1cc(C2C(C(=O)C=Cc3ccccc3)=C(O)C(=O)N2CCCN(C)C)cc(OC)c1OC. The Labute approximate surface area is 206 Å². The van der Waals surface area contributed by atoms with Crippen LogP contribution in [-0.2, 0) is 9.59 Å². The molecule has 8 heteroatoms. The van der Waals surface area contributed by atoms with E-state index in [9.17, 15) is 14.7 Å². The Bertz CT molecular complexity index is 1100. The van der Waals surface area contributed by atoms with Crippen LogP contribution < -0.4 is 14.2 Å². The number of allylic oxidation sites excluding steroid dienone is 1. The molecule has 0 bridgehead atoms. The van der Waals surface area contributed by atoms with E-state index >= 15 is 0 Å². The van der Waals surface area contributed by atoms with Crippen molar-refractivity contribution >= 4 is 17.8 Å². The third-order valence-electron chi connectivity index (χ3n) is 5.80. The van der Waals surface area contributed by atoms with Crippen molar-refractivity contribution in [2.24, 2.45) is 0 Å². The van der Waals surface area contributed by atoms with Crippen LogP contribution >= 0.6 is 0 Å². The van der Waals surface area contributed by atoms with E-state index in [1.807, 2.05) is 49.3 Å². The predicted molar refractivity (Wildman–Crippen MR) is 134 cm³/mol. The largest absolute Gasteiger partial charge is 0.503 e. The molecule has 35 heavy (non-hydrogen) atoms. The van der Waals surface area contributed by atoms with Crippen LogP contribution in [0.3, 0.4) is 0 Å². The molecule has 2 aromatic rings. The monoisotopic (exact) mass is 480 g/mol. The van der Waals surface area contributed by atoms with Gasteiger partial charge in [0.15, 0.2) is 23.0 Å². The lowest BCUT2D eigenvalue weighted by Gasteiger charge is -2.28. The molecule has 0 saturated carbocycles. The maximum absolute atomic E-state index is 13.3. The molecule has 0 fully saturated rings. The molecule has 0 aliphatic carbocycles. The Balaban J connectivity index is 2.08. The molecule has 8 nitrogen and oxygen atoms in total. The van der Waals surface area contributed by atoms with Gasteiger partial charge in [0.25, 0.3) is 5.91 Å². The highest BCUT2D eigenvalue weighted by atomic mass is 16.5. The van der Waals surface area contributed by atoms with E-state index in [-0.39, 0.29) is 5.57 Å². The number of nitrogens with zero attached hydrogens (tertiary/aromatic N) is 2. The van der Waals surface area contributed by atoms with Crippen LogP contribution in [0.1, 0.15) is 23.6 Å². The number of ketones is 1. The predicted octanol–water partition coefficient (Wildman–Crippen LogP) is 3.64. The number of aliphatic hydroxyl groups excluding tert-OH is 1. The van der Waals surface area contributed by atoms with Crippen LogP contribution in [0.4, 0.5) is 0 Å². The first-order valence-electron chi connectivity index (χ1n) is 11.3. The lowest BCUT2D eigenvalue weighted by atomic mass is 9.94. The molecule has 186 valence electrons. The van der Waals surface area contributed by atoms with Crippen molar-refractivity contribution in [3.63, 3.8) is 0 Å². The fourth-order valence-corrected chi connectivity index (χ4v) is 4.12. The van der Waals surface area contributed by atoms with Gasteiger partial charge in [0.2, 0.25) is 5.75 Å². The zero-order valence-electron chi connectivity index (χ0n) is 20.8. The van der Waals surface area contributed by atoms with Gasteiger partial charge in [-0.1, -0.05) is 36.4 Å². The normalized spacial score (nSPS) is 15.9. The minimum absolute atomic E-state index is 0.0151. The number of hydrogen-bond donors (Lipinski definition) is 1. The molecule has 3 rings (SSSR count). The molecule has 0 saturated heterocycles. The highest BCUT2D eigenvalue weighted by Crippen LogP contribution is 2.45. The first-order valence-corrected chi connectivity index (χ1v) is 11.3. The molecule has 1 atom stereocenters. The van der Waals surface area contributed by atoms with Crippen molar-refractivity contribution in [2.75, 3.05) is 48.5 Å². The van der Waals surface area contributed by atoms with Crippen LogP contribution in [0, 0.1) is 0 Å². The van der Waals surface area contributed by atoms with Gasteiger partial charge < -0.3 is 29.1 Å². The Morgan fingerprint density at radius 1 is 1.06 bits per heavy atom. The van der Waals surface area contributed by atoms with Crippen LogP contribution in [0.15, 0.2) is 59.9 Å². The quantitative estimate of drug-likeness (QED) is 0.491. The summed E-state index contributed by atoms with van der Waals surface area (Å²) in [7, 11) is 8.39. The second-order valence-corrected chi connectivity index (χ2v) is 8.39. The van der Waals surface area contributed by atoms with Crippen molar-refractivity contribution in [3.8, 4) is 17.2 Å². The van der Waals surface area contributed by atoms with Crippen LogP contribution in [0.25, 0.3) is 6.08 Å². The number of rotatable bonds is 11. The summed E-state index contributed by atoms with van der Waals surface area (Å²) in [6.07, 6.45) is 3.70. The molecule has 2 aromatic carbocycles. The van der Waals surface area contributed by atoms with E-state index in [0.29, 0.717) is 35.8 Å². The molecule has 1 amide bonds. The van der Waals surface area contributed by atoms with Gasteiger partial charge in [0.05, 0.1) is 32.9 Å². The topological polar surface area (TPSA) is 88.5 Å². The second kappa shape index (κ2) is 11.6. The number of aliphatic hydroxyl groups is 1. The number of benzene rings is 2. The smallest absolute Gasteiger partial charge is 0.290 e. The standard InChI is InChI=1S/C27H32N2O6/c1-28(2)14-9-15-29-24(19-16-21(33-3)26(35-5)22(17-19)34-4)23(25(31)27(29)32)20(30)13-12-18-10-7-6-8-11-18/h6-8,10-13,16-17,24,31H,9,14-15H2,1-5H3. The molecule has 1 aliphatic rings. The van der Waals surface area contributed by atoms with E-state index in [0.717, 1.165) is 12.1 Å². The maximum Gasteiger partial charge on any atom is 0.290 e. The maximum atomic E-state index is 13.3. The fourth-order valence-electron chi connectivity index (χ4n) is 4.12. The fraction of sp³-hybridized carbons (Fsp3) is 0.333. The van der Waals surface area contributed by atoms with E-state index in [4.69, 9.17) is 14.2 Å². The molecule has 1 aliphatic heterocycles. The van der Waals surface area contributed by atoms with Gasteiger partial charge in [0.1, 0.15) is 0 Å². The number of amides is 1. The molecular formula is C27H32N2O6. The van der Waals surface area contributed by atoms with E-state index in [1.54, 1.807) is 18.2 Å². The zero-order chi connectivity index (χ0) is 25.5. The summed E-state index contributed by atoms with van der Waals surface area (Å²) in [5.74, 6) is -0.405. The Kier molecular flexibility index (Phi) is 8.54. The molecule has 0 spiro atoms. The average Bonchev–Trinajstić information content (AvgIpc) is 3.11. The lowest BCUT2D eigenvalue weighted by molar-refractivity contribution is -0.129. The number of methoxy groups -OCH3 is 3.